The number of nitrogens with one attached hydrogen (secondary N) is 1. The van der Waals surface area contributed by atoms with Crippen LogP contribution in [0.1, 0.15) is 39.2 Å². The molecule has 7 nitrogen and oxygen atoms in total. The molecule has 1 aromatic carbocycles. The van der Waals surface area contributed by atoms with Gasteiger partial charge in [-0.05, 0) is 31.7 Å². The molecule has 0 bridgehead atoms. The highest BCUT2D eigenvalue weighted by Crippen LogP contribution is 2.24. The summed E-state index contributed by atoms with van der Waals surface area (Å²) in [6.07, 6.45) is 2.06. The van der Waals surface area contributed by atoms with Gasteiger partial charge in [0.05, 0.1) is 15.9 Å². The molecule has 0 saturated heterocycles. The van der Waals surface area contributed by atoms with Crippen LogP contribution >= 0.6 is 0 Å². The fourth-order valence-corrected chi connectivity index (χ4v) is 1.95. The van der Waals surface area contributed by atoms with Gasteiger partial charge in [-0.15, -0.1) is 0 Å². The molecule has 116 valence electrons. The number of nitro groups is 2. The zero-order chi connectivity index (χ0) is 16.0. The lowest BCUT2D eigenvalue weighted by atomic mass is 10.0. The Morgan fingerprint density at radius 1 is 1.10 bits per heavy atom. The van der Waals surface area contributed by atoms with E-state index in [1.165, 1.54) is 12.1 Å². The SMILES string of the molecule is CC(C)CCC(C)NCc1ccc([N+](=O)[O-])cc1[N+](=O)[O-]. The molecule has 1 atom stereocenters. The van der Waals surface area contributed by atoms with Crippen molar-refractivity contribution in [2.75, 3.05) is 0 Å². The van der Waals surface area contributed by atoms with E-state index in [2.05, 4.69) is 19.2 Å². The first kappa shape index (κ1) is 17.0. The third-order valence-corrected chi connectivity index (χ3v) is 3.29. The van der Waals surface area contributed by atoms with Crippen LogP contribution in [0.2, 0.25) is 0 Å². The average molecular weight is 295 g/mol. The largest absolute Gasteiger partial charge is 0.310 e. The van der Waals surface area contributed by atoms with Crippen LogP contribution in [0.15, 0.2) is 18.2 Å². The molecule has 0 aromatic heterocycles. The van der Waals surface area contributed by atoms with Gasteiger partial charge in [0, 0.05) is 24.2 Å². The first-order valence-corrected chi connectivity index (χ1v) is 6.96. The van der Waals surface area contributed by atoms with Crippen molar-refractivity contribution in [2.24, 2.45) is 5.92 Å². The molecule has 0 spiro atoms. The van der Waals surface area contributed by atoms with Crippen molar-refractivity contribution in [1.82, 2.24) is 5.32 Å². The minimum atomic E-state index is -0.629. The van der Waals surface area contributed by atoms with Crippen LogP contribution in [-0.2, 0) is 6.54 Å². The van der Waals surface area contributed by atoms with Crippen LogP contribution in [-0.4, -0.2) is 15.9 Å². The van der Waals surface area contributed by atoms with Crippen LogP contribution in [0.25, 0.3) is 0 Å². The monoisotopic (exact) mass is 295 g/mol. The van der Waals surface area contributed by atoms with Crippen molar-refractivity contribution in [3.05, 3.63) is 44.0 Å². The third-order valence-electron chi connectivity index (χ3n) is 3.29. The van der Waals surface area contributed by atoms with Gasteiger partial charge in [0.25, 0.3) is 11.4 Å². The van der Waals surface area contributed by atoms with Crippen molar-refractivity contribution in [2.45, 2.75) is 46.2 Å². The molecule has 0 aliphatic heterocycles. The quantitative estimate of drug-likeness (QED) is 0.585. The van der Waals surface area contributed by atoms with Gasteiger partial charge in [-0.3, -0.25) is 20.2 Å². The Morgan fingerprint density at radius 3 is 2.29 bits per heavy atom. The summed E-state index contributed by atoms with van der Waals surface area (Å²) in [5, 5.41) is 24.9. The van der Waals surface area contributed by atoms with Crippen molar-refractivity contribution in [3.63, 3.8) is 0 Å². The maximum atomic E-state index is 11.0. The lowest BCUT2D eigenvalue weighted by Crippen LogP contribution is -2.26. The fourth-order valence-electron chi connectivity index (χ4n) is 1.95. The van der Waals surface area contributed by atoms with Crippen LogP contribution in [0.5, 0.6) is 0 Å². The zero-order valence-corrected chi connectivity index (χ0v) is 12.5. The second-order valence-corrected chi connectivity index (χ2v) is 5.58. The van der Waals surface area contributed by atoms with Crippen molar-refractivity contribution >= 4 is 11.4 Å². The third kappa shape index (κ3) is 5.47. The van der Waals surface area contributed by atoms with E-state index in [9.17, 15) is 20.2 Å². The summed E-state index contributed by atoms with van der Waals surface area (Å²) < 4.78 is 0. The fraction of sp³-hybridized carbons (Fsp3) is 0.571. The molecular formula is C14H21N3O4. The van der Waals surface area contributed by atoms with E-state index in [0.717, 1.165) is 18.9 Å². The summed E-state index contributed by atoms with van der Waals surface area (Å²) in [5.41, 5.74) is -0.0203. The highest BCUT2D eigenvalue weighted by Gasteiger charge is 2.19. The number of hydrogen-bond acceptors (Lipinski definition) is 5. The lowest BCUT2D eigenvalue weighted by Gasteiger charge is -2.15. The average Bonchev–Trinajstić information content (AvgIpc) is 2.42. The smallest absolute Gasteiger partial charge is 0.280 e. The number of nitrogens with zero attached hydrogens (tertiary/aromatic N) is 2. The standard InChI is InChI=1S/C14H21N3O4/c1-10(2)4-5-11(3)15-9-12-6-7-13(16(18)19)8-14(12)17(20)21/h6-8,10-11,15H,4-5,9H2,1-3H3. The first-order chi connectivity index (χ1) is 9.81. The minimum Gasteiger partial charge on any atom is -0.310 e. The second kappa shape index (κ2) is 7.68. The van der Waals surface area contributed by atoms with E-state index in [0.29, 0.717) is 18.0 Å². The van der Waals surface area contributed by atoms with Gasteiger partial charge < -0.3 is 5.32 Å². The summed E-state index contributed by atoms with van der Waals surface area (Å²) in [5.74, 6) is 0.614. The second-order valence-electron chi connectivity index (χ2n) is 5.58. The molecule has 21 heavy (non-hydrogen) atoms. The molecule has 1 rings (SSSR count). The minimum absolute atomic E-state index is 0.215. The summed E-state index contributed by atoms with van der Waals surface area (Å²) in [7, 11) is 0. The lowest BCUT2D eigenvalue weighted by molar-refractivity contribution is -0.394. The molecule has 0 saturated carbocycles. The van der Waals surface area contributed by atoms with Crippen LogP contribution in [0, 0.1) is 26.1 Å². The van der Waals surface area contributed by atoms with Crippen molar-refractivity contribution in [3.8, 4) is 0 Å². The zero-order valence-electron chi connectivity index (χ0n) is 12.5. The highest BCUT2D eigenvalue weighted by molar-refractivity contribution is 5.49. The van der Waals surface area contributed by atoms with Gasteiger partial charge in [0.1, 0.15) is 0 Å². The van der Waals surface area contributed by atoms with Gasteiger partial charge in [-0.1, -0.05) is 13.8 Å². The van der Waals surface area contributed by atoms with Crippen LogP contribution in [0.3, 0.4) is 0 Å². The maximum absolute atomic E-state index is 11.0. The number of hydrogen-bond donors (Lipinski definition) is 1. The Kier molecular flexibility index (Phi) is 6.23. The van der Waals surface area contributed by atoms with Crippen LogP contribution < -0.4 is 5.32 Å². The van der Waals surface area contributed by atoms with Gasteiger partial charge in [0.2, 0.25) is 0 Å². The van der Waals surface area contributed by atoms with Crippen molar-refractivity contribution in [1.29, 1.82) is 0 Å². The predicted octanol–water partition coefficient (Wildman–Crippen LogP) is 3.42. The first-order valence-electron chi connectivity index (χ1n) is 6.96. The normalized spacial score (nSPS) is 12.4. The van der Waals surface area contributed by atoms with E-state index in [-0.39, 0.29) is 17.4 Å². The maximum Gasteiger partial charge on any atom is 0.280 e. The summed E-state index contributed by atoms with van der Waals surface area (Å²) in [6, 6.07) is 3.99. The van der Waals surface area contributed by atoms with Crippen molar-refractivity contribution < 1.29 is 9.85 Å². The van der Waals surface area contributed by atoms with E-state index in [4.69, 9.17) is 0 Å². The molecule has 0 amide bonds. The molecule has 1 N–H and O–H groups in total. The van der Waals surface area contributed by atoms with Crippen LogP contribution in [0.4, 0.5) is 11.4 Å². The predicted molar refractivity (Wildman–Crippen MR) is 80.1 cm³/mol. The topological polar surface area (TPSA) is 98.3 Å². The molecule has 7 heteroatoms. The molecule has 0 radical (unpaired) electrons. The van der Waals surface area contributed by atoms with E-state index in [1.807, 2.05) is 6.92 Å². The number of nitro benzene ring substituents is 2. The Bertz CT molecular complexity index is 517. The highest BCUT2D eigenvalue weighted by atomic mass is 16.6. The molecule has 0 fully saturated rings. The molecule has 1 unspecified atom stereocenters. The Balaban J connectivity index is 2.74. The van der Waals surface area contributed by atoms with E-state index in [1.54, 1.807) is 0 Å². The van der Waals surface area contributed by atoms with Gasteiger partial charge >= 0.3 is 0 Å². The molecule has 0 aliphatic rings. The van der Waals surface area contributed by atoms with E-state index < -0.39 is 9.85 Å². The number of non-ortho nitro benzene ring substituents is 1. The van der Waals surface area contributed by atoms with Gasteiger partial charge in [0.15, 0.2) is 0 Å². The summed E-state index contributed by atoms with van der Waals surface area (Å²) >= 11 is 0. The molecule has 0 aliphatic carbocycles. The summed E-state index contributed by atoms with van der Waals surface area (Å²) in [6.45, 7) is 6.65. The molecule has 0 heterocycles. The number of benzene rings is 1. The Hall–Kier alpha value is -2.02. The Morgan fingerprint density at radius 2 is 1.76 bits per heavy atom. The Labute approximate surface area is 123 Å². The molecule has 1 aromatic rings. The molecular weight excluding hydrogens is 274 g/mol. The summed E-state index contributed by atoms with van der Waals surface area (Å²) in [4.78, 5) is 20.5. The van der Waals surface area contributed by atoms with Gasteiger partial charge in [-0.2, -0.15) is 0 Å². The number of rotatable bonds is 8. The van der Waals surface area contributed by atoms with Gasteiger partial charge in [-0.25, -0.2) is 0 Å². The van der Waals surface area contributed by atoms with E-state index >= 15 is 0 Å².